The number of halogens is 2. The van der Waals surface area contributed by atoms with Crippen LogP contribution in [0.3, 0.4) is 0 Å². The van der Waals surface area contributed by atoms with Crippen molar-refractivity contribution in [2.45, 2.75) is 55.6 Å². The summed E-state index contributed by atoms with van der Waals surface area (Å²) in [5, 5.41) is 0. The van der Waals surface area contributed by atoms with Crippen molar-refractivity contribution in [2.75, 3.05) is 13.2 Å². The Balaban J connectivity index is 3.24. The number of carbonyl (C=O) groups excluding carboxylic acids is 2. The van der Waals surface area contributed by atoms with E-state index in [1.165, 1.54) is 0 Å². The van der Waals surface area contributed by atoms with E-state index in [4.69, 9.17) is 9.47 Å². The average molecular weight is 402 g/mol. The Morgan fingerprint density at radius 2 is 1.11 bits per heavy atom. The van der Waals surface area contributed by atoms with Gasteiger partial charge in [-0.1, -0.05) is 51.1 Å². The zero-order valence-corrected chi connectivity index (χ0v) is 14.7. The van der Waals surface area contributed by atoms with E-state index in [1.54, 1.807) is 13.8 Å². The summed E-state index contributed by atoms with van der Waals surface area (Å²) in [4.78, 5) is 21.8. The van der Waals surface area contributed by atoms with E-state index in [0.717, 1.165) is 32.1 Å². The first-order valence-electron chi connectivity index (χ1n) is 6.56. The molecular weight excluding hydrogens is 380 g/mol. The summed E-state index contributed by atoms with van der Waals surface area (Å²) in [5.74, 6) is -0.424. The molecule has 19 heavy (non-hydrogen) atoms. The predicted molar refractivity (Wildman–Crippen MR) is 81.8 cm³/mol. The van der Waals surface area contributed by atoms with Crippen LogP contribution < -0.4 is 0 Å². The van der Waals surface area contributed by atoms with Crippen molar-refractivity contribution in [3.8, 4) is 0 Å². The Kier molecular flexibility index (Phi) is 11.6. The maximum atomic E-state index is 11.1. The molecule has 0 saturated carbocycles. The van der Waals surface area contributed by atoms with Crippen molar-refractivity contribution in [3.63, 3.8) is 0 Å². The summed E-state index contributed by atoms with van der Waals surface area (Å²) in [6, 6.07) is 0. The van der Waals surface area contributed by atoms with E-state index in [2.05, 4.69) is 31.9 Å². The van der Waals surface area contributed by atoms with Crippen LogP contribution in [0.25, 0.3) is 0 Å². The molecule has 0 heterocycles. The topological polar surface area (TPSA) is 52.6 Å². The number of hydrogen-bond acceptors (Lipinski definition) is 4. The molecule has 0 rings (SSSR count). The lowest BCUT2D eigenvalue weighted by Crippen LogP contribution is -2.14. The number of alkyl halides is 2. The SMILES string of the molecule is CC(Br)C(=O)OCCCCCCCOC(=O)C(C)Br. The highest BCUT2D eigenvalue weighted by Crippen LogP contribution is 2.06. The Hall–Kier alpha value is -0.100. The molecule has 0 fully saturated rings. The number of esters is 2. The predicted octanol–water partition coefficient (Wildman–Crippen LogP) is 3.59. The fourth-order valence-corrected chi connectivity index (χ4v) is 1.57. The van der Waals surface area contributed by atoms with Gasteiger partial charge in [0.05, 0.1) is 13.2 Å². The van der Waals surface area contributed by atoms with Gasteiger partial charge in [0, 0.05) is 0 Å². The molecule has 0 radical (unpaired) electrons. The van der Waals surface area contributed by atoms with Crippen LogP contribution in [-0.2, 0) is 19.1 Å². The number of rotatable bonds is 10. The van der Waals surface area contributed by atoms with E-state index in [1.807, 2.05) is 0 Å². The molecule has 0 spiro atoms. The zero-order valence-electron chi connectivity index (χ0n) is 11.5. The molecule has 0 saturated heterocycles. The Morgan fingerprint density at radius 3 is 1.42 bits per heavy atom. The summed E-state index contributed by atoms with van der Waals surface area (Å²) in [6.45, 7) is 4.45. The quantitative estimate of drug-likeness (QED) is 0.319. The largest absolute Gasteiger partial charge is 0.465 e. The van der Waals surface area contributed by atoms with Crippen LogP contribution in [0.4, 0.5) is 0 Å². The Bertz CT molecular complexity index is 241. The minimum absolute atomic E-state index is 0.212. The van der Waals surface area contributed by atoms with E-state index in [0.29, 0.717) is 13.2 Å². The lowest BCUT2D eigenvalue weighted by molar-refractivity contribution is -0.143. The Morgan fingerprint density at radius 1 is 0.789 bits per heavy atom. The summed E-state index contributed by atoms with van der Waals surface area (Å²) in [5.41, 5.74) is 0. The molecular formula is C13H22Br2O4. The number of carbonyl (C=O) groups is 2. The molecule has 0 amide bonds. The van der Waals surface area contributed by atoms with Crippen molar-refractivity contribution in [1.29, 1.82) is 0 Å². The minimum Gasteiger partial charge on any atom is -0.465 e. The van der Waals surface area contributed by atoms with Gasteiger partial charge in [0.15, 0.2) is 0 Å². The summed E-state index contributed by atoms with van der Waals surface area (Å²) < 4.78 is 10.1. The van der Waals surface area contributed by atoms with Gasteiger partial charge in [-0.05, 0) is 26.7 Å². The van der Waals surface area contributed by atoms with Gasteiger partial charge in [-0.2, -0.15) is 0 Å². The molecule has 0 aromatic carbocycles. The van der Waals surface area contributed by atoms with Gasteiger partial charge in [-0.3, -0.25) is 9.59 Å². The maximum Gasteiger partial charge on any atom is 0.319 e. The normalized spacial score (nSPS) is 13.7. The first-order chi connectivity index (χ1) is 8.95. The van der Waals surface area contributed by atoms with Gasteiger partial charge in [0.1, 0.15) is 9.65 Å². The van der Waals surface area contributed by atoms with Crippen molar-refractivity contribution >= 4 is 43.8 Å². The van der Waals surface area contributed by atoms with Gasteiger partial charge in [-0.15, -0.1) is 0 Å². The van der Waals surface area contributed by atoms with Crippen molar-refractivity contribution < 1.29 is 19.1 Å². The molecule has 0 aliphatic rings. The third kappa shape index (κ3) is 11.4. The lowest BCUT2D eigenvalue weighted by atomic mass is 10.1. The van der Waals surface area contributed by atoms with Crippen molar-refractivity contribution in [1.82, 2.24) is 0 Å². The lowest BCUT2D eigenvalue weighted by Gasteiger charge is -2.07. The first-order valence-corrected chi connectivity index (χ1v) is 8.39. The average Bonchev–Trinajstić information content (AvgIpc) is 2.35. The van der Waals surface area contributed by atoms with Crippen LogP contribution in [0.2, 0.25) is 0 Å². The molecule has 0 aromatic heterocycles. The fraction of sp³-hybridized carbons (Fsp3) is 0.846. The number of hydrogen-bond donors (Lipinski definition) is 0. The molecule has 2 atom stereocenters. The molecule has 0 aliphatic heterocycles. The second kappa shape index (κ2) is 11.7. The molecule has 0 N–H and O–H groups in total. The summed E-state index contributed by atoms with van der Waals surface area (Å²) in [7, 11) is 0. The standard InChI is InChI=1S/C13H22Br2O4/c1-10(14)12(16)18-8-6-4-3-5-7-9-19-13(17)11(2)15/h10-11H,3-9H2,1-2H3. The molecule has 112 valence electrons. The highest BCUT2D eigenvalue weighted by Gasteiger charge is 2.09. The molecule has 0 bridgehead atoms. The van der Waals surface area contributed by atoms with Crippen LogP contribution in [0, 0.1) is 0 Å². The third-order valence-electron chi connectivity index (χ3n) is 2.43. The van der Waals surface area contributed by atoms with E-state index >= 15 is 0 Å². The van der Waals surface area contributed by atoms with Gasteiger partial charge in [-0.25, -0.2) is 0 Å². The second-order valence-electron chi connectivity index (χ2n) is 4.33. The van der Waals surface area contributed by atoms with Crippen LogP contribution in [0.1, 0.15) is 46.0 Å². The highest BCUT2D eigenvalue weighted by atomic mass is 79.9. The van der Waals surface area contributed by atoms with Crippen LogP contribution >= 0.6 is 31.9 Å². The summed E-state index contributed by atoms with van der Waals surface area (Å²) >= 11 is 6.31. The Labute approximate surface area is 131 Å². The van der Waals surface area contributed by atoms with Crippen molar-refractivity contribution in [3.05, 3.63) is 0 Å². The maximum absolute atomic E-state index is 11.1. The number of ether oxygens (including phenoxy) is 2. The van der Waals surface area contributed by atoms with E-state index in [9.17, 15) is 9.59 Å². The van der Waals surface area contributed by atoms with Crippen LogP contribution in [0.5, 0.6) is 0 Å². The molecule has 6 heteroatoms. The van der Waals surface area contributed by atoms with Crippen molar-refractivity contribution in [2.24, 2.45) is 0 Å². The molecule has 2 unspecified atom stereocenters. The first kappa shape index (κ1) is 18.9. The molecule has 0 aliphatic carbocycles. The minimum atomic E-state index is -0.237. The van der Waals surface area contributed by atoms with Gasteiger partial charge < -0.3 is 9.47 Å². The smallest absolute Gasteiger partial charge is 0.319 e. The van der Waals surface area contributed by atoms with Gasteiger partial charge >= 0.3 is 11.9 Å². The highest BCUT2D eigenvalue weighted by molar-refractivity contribution is 9.10. The second-order valence-corrected chi connectivity index (χ2v) is 7.08. The fourth-order valence-electron chi connectivity index (χ4n) is 1.31. The van der Waals surface area contributed by atoms with Gasteiger partial charge in [0.2, 0.25) is 0 Å². The molecule has 0 aromatic rings. The van der Waals surface area contributed by atoms with Crippen LogP contribution in [-0.4, -0.2) is 34.8 Å². The van der Waals surface area contributed by atoms with E-state index in [-0.39, 0.29) is 21.6 Å². The monoisotopic (exact) mass is 400 g/mol. The van der Waals surface area contributed by atoms with E-state index < -0.39 is 0 Å². The molecule has 4 nitrogen and oxygen atoms in total. The zero-order chi connectivity index (χ0) is 14.7. The van der Waals surface area contributed by atoms with Gasteiger partial charge in [0.25, 0.3) is 0 Å². The van der Waals surface area contributed by atoms with Crippen LogP contribution in [0.15, 0.2) is 0 Å². The summed E-state index contributed by atoms with van der Waals surface area (Å²) in [6.07, 6.45) is 4.86. The number of unbranched alkanes of at least 4 members (excludes halogenated alkanes) is 4. The third-order valence-corrected chi connectivity index (χ3v) is 3.17.